The molecule has 0 fully saturated rings. The first-order valence-corrected chi connectivity index (χ1v) is 27.5. The van der Waals surface area contributed by atoms with Gasteiger partial charge in [0.2, 0.25) is 53.2 Å². The number of hydrogen-bond acceptors (Lipinski definition) is 14. The number of aromatic nitrogens is 1. The molecule has 0 aliphatic heterocycles. The zero-order valence-electron chi connectivity index (χ0n) is 45.6. The van der Waals surface area contributed by atoms with Gasteiger partial charge in [0.15, 0.2) is 0 Å². The van der Waals surface area contributed by atoms with Crippen molar-refractivity contribution in [3.8, 4) is 5.75 Å². The van der Waals surface area contributed by atoms with Gasteiger partial charge in [0, 0.05) is 50.3 Å². The Bertz CT molecular complexity index is 3010. The first-order chi connectivity index (χ1) is 38.8. The summed E-state index contributed by atoms with van der Waals surface area (Å²) in [6.45, 7) is 3.89. The highest BCUT2D eigenvalue weighted by Gasteiger charge is 2.37. The molecule has 0 radical (unpaired) electrons. The number of likely N-dealkylation sites (N-methyl/N-ethyl adjacent to an activating group) is 1. The number of nitrogens with one attached hydrogen (secondary N) is 8. The van der Waals surface area contributed by atoms with Crippen molar-refractivity contribution < 1.29 is 80.1 Å². The Labute approximate surface area is 472 Å². The van der Waals surface area contributed by atoms with E-state index in [0.29, 0.717) is 47.7 Å². The number of aliphatic carboxylic acids is 2. The van der Waals surface area contributed by atoms with Crippen molar-refractivity contribution in [1.29, 1.82) is 0 Å². The third kappa shape index (κ3) is 21.6. The number of carboxylic acids is 2. The number of nitrogens with two attached hydrogens (primary N) is 1. The van der Waals surface area contributed by atoms with Crippen molar-refractivity contribution in [2.45, 2.75) is 134 Å². The monoisotopic (exact) mass is 1160 g/mol. The zero-order chi connectivity index (χ0) is 60.7. The van der Waals surface area contributed by atoms with Crippen LogP contribution in [-0.2, 0) is 82.4 Å². The van der Waals surface area contributed by atoms with E-state index in [2.05, 4.69) is 46.4 Å². The van der Waals surface area contributed by atoms with Gasteiger partial charge in [-0.2, -0.15) is 8.42 Å². The van der Waals surface area contributed by atoms with Crippen LogP contribution < -0.4 is 47.1 Å². The molecule has 0 bridgehead atoms. The molecule has 9 amide bonds. The number of nitrogens with zero attached hydrogens (tertiary/aromatic N) is 1. The van der Waals surface area contributed by atoms with Crippen LogP contribution in [0.2, 0.25) is 0 Å². The molecule has 0 saturated heterocycles. The third-order valence-electron chi connectivity index (χ3n) is 12.8. The number of primary amides is 1. The number of fused-ring (bicyclic) bond motifs is 1. The van der Waals surface area contributed by atoms with Crippen LogP contribution >= 0.6 is 0 Å². The SMILES string of the molecule is CCCC[C@H](NC(=O)[C@H](Cc1ccc(OS(=O)(=O)O)cc1)NC(=O)[C@H](CC(=O)O)NC(C)=O)C(=O)NCC(=O)N[C@@H](Cc1c[nH]c2ccccc12)C(=O)N(C)[C@@H](CCCC)C(=O)N[C@@H](CC(=O)O)C(=O)N[C@@H](Cc1ccccc1)C(N)=O. The summed E-state index contributed by atoms with van der Waals surface area (Å²) in [4.78, 5) is 150. The van der Waals surface area contributed by atoms with Crippen molar-refractivity contribution in [1.82, 2.24) is 47.1 Å². The topological polar surface area (TPSA) is 421 Å². The molecule has 0 aliphatic carbocycles. The quantitative estimate of drug-likeness (QED) is 0.0275. The van der Waals surface area contributed by atoms with Crippen molar-refractivity contribution in [2.75, 3.05) is 13.6 Å². The predicted molar refractivity (Wildman–Crippen MR) is 294 cm³/mol. The minimum atomic E-state index is -4.90. The van der Waals surface area contributed by atoms with Crippen LogP contribution in [0.5, 0.6) is 5.75 Å². The van der Waals surface area contributed by atoms with Gasteiger partial charge in [-0.05, 0) is 47.7 Å². The maximum Gasteiger partial charge on any atom is 0.446 e. The molecule has 13 N–H and O–H groups in total. The highest BCUT2D eigenvalue weighted by molar-refractivity contribution is 7.81. The molecule has 444 valence electrons. The van der Waals surface area contributed by atoms with Crippen molar-refractivity contribution in [3.05, 3.63) is 102 Å². The molecule has 4 rings (SSSR count). The fourth-order valence-electron chi connectivity index (χ4n) is 8.65. The van der Waals surface area contributed by atoms with Crippen LogP contribution in [0.25, 0.3) is 10.9 Å². The van der Waals surface area contributed by atoms with E-state index in [1.165, 1.54) is 19.2 Å². The summed E-state index contributed by atoms with van der Waals surface area (Å²) < 4.78 is 36.0. The van der Waals surface area contributed by atoms with Crippen molar-refractivity contribution in [2.24, 2.45) is 5.73 Å². The fourth-order valence-corrected chi connectivity index (χ4v) is 9.00. The lowest BCUT2D eigenvalue weighted by Crippen LogP contribution is -2.59. The standard InChI is InChI=1S/C54H70N10O17S/c1-5-7-17-38(60-50(73)40(62-51(74)41(27-46(67)68)58-31(3)65)25-33-20-22-35(23-21-33)81-82(78,79)80)49(72)57-30-45(66)59-43(26-34-29-56-37-18-13-12-16-36(34)37)54(77)64(4)44(19-8-6-2)53(76)63-42(28-47(69)70)52(75)61-39(48(55)71)24-32-14-10-9-11-15-32/h9-16,18,20-23,29,38-44,56H,5-8,17,19,24-28,30H2,1-4H3,(H2,55,71)(H,57,72)(H,58,65)(H,59,66)(H,60,73)(H,61,75)(H,62,74)(H,63,76)(H,67,68)(H,69,70)(H,78,79,80)/t38-,39-,40-,41-,42-,43-,44-/m0/s1. The second-order valence-electron chi connectivity index (χ2n) is 19.3. The summed E-state index contributed by atoms with van der Waals surface area (Å²) in [6, 6.07) is 10.1. The number of carbonyl (C=O) groups is 11. The zero-order valence-corrected chi connectivity index (χ0v) is 46.4. The second kappa shape index (κ2) is 31.8. The van der Waals surface area contributed by atoms with Crippen LogP contribution in [0.4, 0.5) is 0 Å². The van der Waals surface area contributed by atoms with Gasteiger partial charge in [-0.1, -0.05) is 100 Å². The lowest BCUT2D eigenvalue weighted by molar-refractivity contribution is -0.144. The van der Waals surface area contributed by atoms with Crippen LogP contribution in [0.3, 0.4) is 0 Å². The Hall–Kier alpha value is -8.92. The van der Waals surface area contributed by atoms with Gasteiger partial charge in [-0.25, -0.2) is 0 Å². The number of carboxylic acid groups (broad SMARTS) is 2. The van der Waals surface area contributed by atoms with Crippen molar-refractivity contribution >= 4 is 86.4 Å². The molecular formula is C54H70N10O17S. The highest BCUT2D eigenvalue weighted by Crippen LogP contribution is 2.21. The molecule has 0 spiro atoms. The smallest absolute Gasteiger partial charge is 0.446 e. The summed E-state index contributed by atoms with van der Waals surface area (Å²) in [7, 11) is -3.61. The molecule has 1 aromatic heterocycles. The third-order valence-corrected chi connectivity index (χ3v) is 13.2. The van der Waals surface area contributed by atoms with Gasteiger partial charge in [0.05, 0.1) is 19.4 Å². The first kappa shape index (κ1) is 65.6. The van der Waals surface area contributed by atoms with Crippen LogP contribution in [0, 0.1) is 0 Å². The Morgan fingerprint density at radius 2 is 1.13 bits per heavy atom. The molecule has 27 nitrogen and oxygen atoms in total. The van der Waals surface area contributed by atoms with Crippen LogP contribution in [0.15, 0.2) is 85.1 Å². The number of rotatable bonds is 34. The molecule has 28 heteroatoms. The Morgan fingerprint density at radius 1 is 0.610 bits per heavy atom. The normalized spacial score (nSPS) is 13.7. The lowest BCUT2D eigenvalue weighted by Gasteiger charge is -2.32. The molecule has 4 aromatic rings. The summed E-state index contributed by atoms with van der Waals surface area (Å²) in [6.07, 6.45) is 1.05. The molecule has 3 aromatic carbocycles. The second-order valence-corrected chi connectivity index (χ2v) is 20.3. The number of aromatic amines is 1. The van der Waals surface area contributed by atoms with Crippen LogP contribution in [0.1, 0.15) is 88.8 Å². The minimum Gasteiger partial charge on any atom is -0.481 e. The average molecular weight is 1160 g/mol. The van der Waals surface area contributed by atoms with Gasteiger partial charge < -0.3 is 67.2 Å². The number of benzene rings is 3. The van der Waals surface area contributed by atoms with Crippen LogP contribution in [-0.4, -0.2) is 154 Å². The van der Waals surface area contributed by atoms with E-state index in [4.69, 9.17) is 10.3 Å². The number of H-pyrrole nitrogens is 1. The van der Waals surface area contributed by atoms with Gasteiger partial charge in [-0.3, -0.25) is 57.3 Å². The maximum absolute atomic E-state index is 14.8. The average Bonchev–Trinajstić information content (AvgIpc) is 3.98. The van der Waals surface area contributed by atoms with Gasteiger partial charge in [0.25, 0.3) is 0 Å². The summed E-state index contributed by atoms with van der Waals surface area (Å²) in [5.41, 5.74) is 7.76. The van der Waals surface area contributed by atoms with E-state index < -0.39 is 137 Å². The number of hydrogen-bond donors (Lipinski definition) is 12. The van der Waals surface area contributed by atoms with Gasteiger partial charge >= 0.3 is 22.3 Å². The summed E-state index contributed by atoms with van der Waals surface area (Å²) >= 11 is 0. The minimum absolute atomic E-state index is 0.00631. The Balaban J connectivity index is 1.59. The van der Waals surface area contributed by atoms with E-state index in [9.17, 15) is 71.4 Å². The number of amides is 9. The molecular weight excluding hydrogens is 1090 g/mol. The van der Waals surface area contributed by atoms with Gasteiger partial charge in [0.1, 0.15) is 48.0 Å². The van der Waals surface area contributed by atoms with E-state index in [1.807, 2.05) is 6.92 Å². The molecule has 0 unspecified atom stereocenters. The van der Waals surface area contributed by atoms with E-state index in [-0.39, 0.29) is 43.4 Å². The number of unbranched alkanes of at least 4 members (excludes halogenated alkanes) is 2. The van der Waals surface area contributed by atoms with E-state index in [0.717, 1.165) is 24.0 Å². The maximum atomic E-state index is 14.8. The summed E-state index contributed by atoms with van der Waals surface area (Å²) in [5.74, 6) is -11.5. The Morgan fingerprint density at radius 3 is 1.72 bits per heavy atom. The molecule has 1 heterocycles. The van der Waals surface area contributed by atoms with E-state index in [1.54, 1.807) is 67.7 Å². The molecule has 0 saturated carbocycles. The lowest BCUT2D eigenvalue weighted by atomic mass is 10.0. The molecule has 7 atom stereocenters. The van der Waals surface area contributed by atoms with Gasteiger partial charge in [-0.15, -0.1) is 0 Å². The fraction of sp³-hybridized carbons (Fsp3) is 0.426. The van der Waals surface area contributed by atoms with E-state index >= 15 is 0 Å². The number of para-hydroxylation sites is 1. The number of carbonyl (C=O) groups excluding carboxylic acids is 9. The first-order valence-electron chi connectivity index (χ1n) is 26.2. The molecule has 82 heavy (non-hydrogen) atoms. The molecule has 0 aliphatic rings. The predicted octanol–water partition coefficient (Wildman–Crippen LogP) is 0.0644. The largest absolute Gasteiger partial charge is 0.481 e. The Kier molecular flexibility index (Phi) is 25.4. The summed E-state index contributed by atoms with van der Waals surface area (Å²) in [5, 5.41) is 37.1. The van der Waals surface area contributed by atoms with Crippen molar-refractivity contribution in [3.63, 3.8) is 0 Å². The highest BCUT2D eigenvalue weighted by atomic mass is 32.3.